The second-order valence-corrected chi connectivity index (χ2v) is 9.74. The minimum Gasteiger partial charge on any atom is -0.459 e. The summed E-state index contributed by atoms with van der Waals surface area (Å²) in [6, 6.07) is 32.1. The fraction of sp³-hybridized carbons (Fsp3) is 0.176. The van der Waals surface area contributed by atoms with Gasteiger partial charge in [-0.15, -0.1) is 0 Å². The van der Waals surface area contributed by atoms with Crippen LogP contribution in [-0.2, 0) is 23.7 Å². The van der Waals surface area contributed by atoms with E-state index in [0.717, 1.165) is 0 Å². The number of rotatable bonds is 9. The van der Waals surface area contributed by atoms with E-state index in [1.165, 1.54) is 36.4 Å². The first-order chi connectivity index (χ1) is 21.4. The van der Waals surface area contributed by atoms with Gasteiger partial charge >= 0.3 is 23.9 Å². The van der Waals surface area contributed by atoms with Crippen LogP contribution in [0.5, 0.6) is 0 Å². The number of benzene rings is 4. The molecule has 0 bridgehead atoms. The Morgan fingerprint density at radius 3 is 1.25 bits per heavy atom. The summed E-state index contributed by atoms with van der Waals surface area (Å²) in [5.74, 6) is -3.21. The summed E-state index contributed by atoms with van der Waals surface area (Å²) in [7, 11) is 0. The summed E-state index contributed by atoms with van der Waals surface area (Å²) >= 11 is 0. The predicted molar refractivity (Wildman–Crippen MR) is 155 cm³/mol. The Bertz CT molecular complexity index is 1560. The Kier molecular flexibility index (Phi) is 9.75. The SMILES string of the molecule is O=C(OCC1O[C@@H](O)C(OC(=O)c2ccccc2)[C@@H](OC(=O)c2ccccc2)[C@H]1OC(=O)c1ccccc1)c1ccccc1. The zero-order valence-corrected chi connectivity index (χ0v) is 23.3. The molecule has 1 aliphatic heterocycles. The van der Waals surface area contributed by atoms with Gasteiger partial charge in [0, 0.05) is 0 Å². The normalized spacial score (nSPS) is 21.0. The first kappa shape index (κ1) is 30.1. The van der Waals surface area contributed by atoms with E-state index in [9.17, 15) is 24.3 Å². The third-order valence-electron chi connectivity index (χ3n) is 6.76. The lowest BCUT2D eigenvalue weighted by Gasteiger charge is -2.42. The molecular weight excluding hydrogens is 568 g/mol. The fourth-order valence-corrected chi connectivity index (χ4v) is 4.54. The number of hydrogen-bond donors (Lipinski definition) is 1. The average Bonchev–Trinajstić information content (AvgIpc) is 3.07. The second kappa shape index (κ2) is 14.2. The van der Waals surface area contributed by atoms with Crippen molar-refractivity contribution in [3.8, 4) is 0 Å². The van der Waals surface area contributed by atoms with E-state index < -0.39 is 61.2 Å². The Morgan fingerprint density at radius 2 is 0.841 bits per heavy atom. The van der Waals surface area contributed by atoms with Gasteiger partial charge in [0.05, 0.1) is 22.3 Å². The van der Waals surface area contributed by atoms with Gasteiger partial charge in [0.15, 0.2) is 24.6 Å². The molecule has 0 saturated carbocycles. The molecule has 1 fully saturated rings. The van der Waals surface area contributed by atoms with Crippen molar-refractivity contribution in [2.24, 2.45) is 0 Å². The molecule has 4 aromatic carbocycles. The Balaban J connectivity index is 1.48. The largest absolute Gasteiger partial charge is 0.459 e. The van der Waals surface area contributed by atoms with Crippen molar-refractivity contribution in [2.45, 2.75) is 30.7 Å². The summed E-state index contributed by atoms with van der Waals surface area (Å²) < 4.78 is 28.4. The molecule has 0 aliphatic carbocycles. The van der Waals surface area contributed by atoms with Crippen LogP contribution in [-0.4, -0.2) is 66.3 Å². The molecule has 1 N–H and O–H groups in total. The van der Waals surface area contributed by atoms with Crippen LogP contribution in [0.2, 0.25) is 0 Å². The maximum absolute atomic E-state index is 13.3. The van der Waals surface area contributed by atoms with Gasteiger partial charge in [-0.25, -0.2) is 19.2 Å². The zero-order valence-electron chi connectivity index (χ0n) is 23.3. The van der Waals surface area contributed by atoms with Gasteiger partial charge in [-0.3, -0.25) is 0 Å². The molecule has 5 atom stereocenters. The van der Waals surface area contributed by atoms with Gasteiger partial charge < -0.3 is 28.8 Å². The molecule has 0 radical (unpaired) electrons. The molecule has 0 spiro atoms. The molecule has 1 heterocycles. The van der Waals surface area contributed by atoms with Crippen LogP contribution in [0.1, 0.15) is 41.4 Å². The van der Waals surface area contributed by atoms with E-state index in [0.29, 0.717) is 0 Å². The highest BCUT2D eigenvalue weighted by atomic mass is 16.7. The van der Waals surface area contributed by atoms with Gasteiger partial charge in [-0.05, 0) is 48.5 Å². The van der Waals surface area contributed by atoms with Crippen molar-refractivity contribution >= 4 is 23.9 Å². The van der Waals surface area contributed by atoms with Gasteiger partial charge in [0.2, 0.25) is 0 Å². The summed E-state index contributed by atoms with van der Waals surface area (Å²) in [5, 5.41) is 11.1. The second-order valence-electron chi connectivity index (χ2n) is 9.74. The Hall–Kier alpha value is -5.32. The van der Waals surface area contributed by atoms with Crippen molar-refractivity contribution in [3.63, 3.8) is 0 Å². The van der Waals surface area contributed by atoms with Crippen LogP contribution in [0, 0.1) is 0 Å². The van der Waals surface area contributed by atoms with Gasteiger partial charge in [0.25, 0.3) is 0 Å². The number of hydrogen-bond acceptors (Lipinski definition) is 10. The Labute approximate surface area is 252 Å². The topological polar surface area (TPSA) is 135 Å². The molecule has 1 aliphatic rings. The van der Waals surface area contributed by atoms with Gasteiger partial charge in [-0.1, -0.05) is 72.8 Å². The number of aliphatic hydroxyl groups excluding tert-OH is 1. The number of carbonyl (C=O) groups is 4. The summed E-state index contributed by atoms with van der Waals surface area (Å²) in [6.07, 6.45) is -7.89. The quantitative estimate of drug-likeness (QED) is 0.221. The lowest BCUT2D eigenvalue weighted by Crippen LogP contribution is -2.62. The number of esters is 4. The number of carbonyl (C=O) groups excluding carboxylic acids is 4. The first-order valence-electron chi connectivity index (χ1n) is 13.7. The highest BCUT2D eigenvalue weighted by Crippen LogP contribution is 2.30. The molecule has 0 aromatic heterocycles. The Morgan fingerprint density at radius 1 is 0.500 bits per heavy atom. The maximum Gasteiger partial charge on any atom is 0.338 e. The third kappa shape index (κ3) is 7.35. The van der Waals surface area contributed by atoms with Crippen LogP contribution in [0.3, 0.4) is 0 Å². The molecule has 44 heavy (non-hydrogen) atoms. The van der Waals surface area contributed by atoms with E-state index in [2.05, 4.69) is 0 Å². The van der Waals surface area contributed by atoms with Gasteiger partial charge in [-0.2, -0.15) is 0 Å². The van der Waals surface area contributed by atoms with Crippen LogP contribution < -0.4 is 0 Å². The number of aliphatic hydroxyl groups is 1. The lowest BCUT2D eigenvalue weighted by atomic mass is 9.97. The van der Waals surface area contributed by atoms with Crippen molar-refractivity contribution in [1.82, 2.24) is 0 Å². The summed E-state index contributed by atoms with van der Waals surface area (Å²) in [5.41, 5.74) is 0.736. The standard InChI is InChI=1S/C34H28O10/c35-30(22-13-5-1-6-14-22)40-21-26-27(42-31(36)23-15-7-2-8-16-23)28(43-32(37)24-17-9-3-10-18-24)29(34(39)41-26)44-33(38)25-19-11-4-12-20-25/h1-20,26-29,34,39H,21H2/t26?,27-,28-,29?,34+/m0/s1. The third-order valence-corrected chi connectivity index (χ3v) is 6.76. The summed E-state index contributed by atoms with van der Waals surface area (Å²) in [4.78, 5) is 52.3. The fourth-order valence-electron chi connectivity index (χ4n) is 4.54. The van der Waals surface area contributed by atoms with Crippen LogP contribution in [0.25, 0.3) is 0 Å². The minimum atomic E-state index is -1.86. The molecule has 224 valence electrons. The van der Waals surface area contributed by atoms with Crippen molar-refractivity contribution < 1.29 is 48.0 Å². The van der Waals surface area contributed by atoms with Crippen molar-refractivity contribution in [2.75, 3.05) is 6.61 Å². The van der Waals surface area contributed by atoms with E-state index in [-0.39, 0.29) is 22.3 Å². The maximum atomic E-state index is 13.3. The number of ether oxygens (including phenoxy) is 5. The van der Waals surface area contributed by atoms with Crippen LogP contribution >= 0.6 is 0 Å². The molecule has 4 aromatic rings. The van der Waals surface area contributed by atoms with Gasteiger partial charge in [0.1, 0.15) is 12.7 Å². The molecule has 1 saturated heterocycles. The molecule has 2 unspecified atom stereocenters. The van der Waals surface area contributed by atoms with Crippen LogP contribution in [0.4, 0.5) is 0 Å². The molecule has 5 rings (SSSR count). The molecule has 10 nitrogen and oxygen atoms in total. The monoisotopic (exact) mass is 596 g/mol. The highest BCUT2D eigenvalue weighted by Gasteiger charge is 2.52. The molecule has 0 amide bonds. The van der Waals surface area contributed by atoms with E-state index in [4.69, 9.17) is 23.7 Å². The van der Waals surface area contributed by atoms with Crippen molar-refractivity contribution in [3.05, 3.63) is 144 Å². The van der Waals surface area contributed by atoms with Crippen LogP contribution in [0.15, 0.2) is 121 Å². The smallest absolute Gasteiger partial charge is 0.338 e. The van der Waals surface area contributed by atoms with Crippen molar-refractivity contribution in [1.29, 1.82) is 0 Å². The first-order valence-corrected chi connectivity index (χ1v) is 13.7. The lowest BCUT2D eigenvalue weighted by molar-refractivity contribution is -0.284. The summed E-state index contributed by atoms with van der Waals surface area (Å²) in [6.45, 7) is -0.504. The van der Waals surface area contributed by atoms with E-state index >= 15 is 0 Å². The molecular formula is C34H28O10. The zero-order chi connectivity index (χ0) is 30.9. The highest BCUT2D eigenvalue weighted by molar-refractivity contribution is 5.91. The average molecular weight is 597 g/mol. The van der Waals surface area contributed by atoms with E-state index in [1.807, 2.05) is 0 Å². The molecule has 10 heteroatoms. The predicted octanol–water partition coefficient (Wildman–Crippen LogP) is 4.24. The van der Waals surface area contributed by atoms with E-state index in [1.54, 1.807) is 84.9 Å². The minimum absolute atomic E-state index is 0.154.